The molecule has 2 N–H and O–H groups in total. The number of nitrogens with two attached hydrogens (primary N) is 1. The molecule has 20 heavy (non-hydrogen) atoms. The summed E-state index contributed by atoms with van der Waals surface area (Å²) in [5, 5.41) is 5.13. The van der Waals surface area contributed by atoms with Gasteiger partial charge in [0.1, 0.15) is 0 Å². The van der Waals surface area contributed by atoms with Gasteiger partial charge in [0.15, 0.2) is 0 Å². The third-order valence-corrected chi connectivity index (χ3v) is 4.01. The fraction of sp³-hybridized carbons (Fsp3) is 0.667. The fourth-order valence-corrected chi connectivity index (χ4v) is 3.17. The quantitative estimate of drug-likeness (QED) is 0.929. The van der Waals surface area contributed by atoms with E-state index in [1.54, 1.807) is 6.20 Å². The van der Waals surface area contributed by atoms with Gasteiger partial charge < -0.3 is 10.6 Å². The highest BCUT2D eigenvalue weighted by Gasteiger charge is 2.29. The average molecular weight is 297 g/mol. The molecule has 0 saturated carbocycles. The van der Waals surface area contributed by atoms with Crippen LogP contribution in [0.15, 0.2) is 12.3 Å². The molecule has 1 aromatic heterocycles. The lowest BCUT2D eigenvalue weighted by Gasteiger charge is -2.33. The summed E-state index contributed by atoms with van der Waals surface area (Å²) in [6, 6.07) is 0.0991. The second-order valence-corrected chi connectivity index (χ2v) is 7.18. The Labute approximate surface area is 126 Å². The first-order chi connectivity index (χ1) is 9.28. The van der Waals surface area contributed by atoms with Crippen LogP contribution in [0.25, 0.3) is 5.57 Å². The average Bonchev–Trinajstić information content (AvgIpc) is 2.65. The zero-order chi connectivity index (χ0) is 14.9. The summed E-state index contributed by atoms with van der Waals surface area (Å²) < 4.78 is 2.00. The zero-order valence-electron chi connectivity index (χ0n) is 12.9. The summed E-state index contributed by atoms with van der Waals surface area (Å²) in [5.74, 6) is 0. The third kappa shape index (κ3) is 3.62. The molecule has 1 atom stereocenters. The molecule has 0 aromatic carbocycles. The summed E-state index contributed by atoms with van der Waals surface area (Å²) >= 11 is 6.36. The van der Waals surface area contributed by atoms with E-state index < -0.39 is 0 Å². The van der Waals surface area contributed by atoms with Gasteiger partial charge in [0.25, 0.3) is 0 Å². The predicted molar refractivity (Wildman–Crippen MR) is 84.8 cm³/mol. The van der Waals surface area contributed by atoms with Crippen molar-refractivity contribution in [2.45, 2.75) is 39.3 Å². The van der Waals surface area contributed by atoms with Crippen LogP contribution in [0.1, 0.15) is 32.4 Å². The summed E-state index contributed by atoms with van der Waals surface area (Å²) in [6.07, 6.45) is 5.90. The van der Waals surface area contributed by atoms with E-state index in [0.29, 0.717) is 0 Å². The normalized spacial score (nSPS) is 22.1. The number of hydrogen-bond acceptors (Lipinski definition) is 3. The molecule has 1 aliphatic rings. The maximum atomic E-state index is 6.36. The molecule has 112 valence electrons. The molecule has 0 spiro atoms. The number of rotatable bonds is 4. The maximum absolute atomic E-state index is 6.36. The number of halogens is 1. The van der Waals surface area contributed by atoms with E-state index in [4.69, 9.17) is 17.3 Å². The Morgan fingerprint density at radius 2 is 2.20 bits per heavy atom. The van der Waals surface area contributed by atoms with Crippen molar-refractivity contribution in [1.29, 1.82) is 0 Å². The molecule has 1 heterocycles. The van der Waals surface area contributed by atoms with Crippen molar-refractivity contribution in [3.63, 3.8) is 0 Å². The van der Waals surface area contributed by atoms with E-state index in [9.17, 15) is 0 Å². The molecule has 2 rings (SSSR count). The van der Waals surface area contributed by atoms with Gasteiger partial charge in [0.05, 0.1) is 23.5 Å². The largest absolute Gasteiger partial charge is 0.324 e. The molecule has 4 nitrogen and oxygen atoms in total. The van der Waals surface area contributed by atoms with Gasteiger partial charge in [-0.15, -0.1) is 0 Å². The van der Waals surface area contributed by atoms with Gasteiger partial charge in [-0.25, -0.2) is 0 Å². The number of nitrogens with zero attached hydrogens (tertiary/aromatic N) is 3. The summed E-state index contributed by atoms with van der Waals surface area (Å²) in [4.78, 5) is 2.14. The Morgan fingerprint density at radius 1 is 1.50 bits per heavy atom. The minimum Gasteiger partial charge on any atom is -0.324 e. The highest BCUT2D eigenvalue weighted by molar-refractivity contribution is 6.32. The molecule has 0 saturated heterocycles. The van der Waals surface area contributed by atoms with E-state index >= 15 is 0 Å². The van der Waals surface area contributed by atoms with Crippen molar-refractivity contribution in [3.05, 3.63) is 23.0 Å². The van der Waals surface area contributed by atoms with Gasteiger partial charge in [0.2, 0.25) is 0 Å². The highest BCUT2D eigenvalue weighted by Crippen LogP contribution is 2.40. The molecule has 0 amide bonds. The maximum Gasteiger partial charge on any atom is 0.0862 e. The Balaban J connectivity index is 2.30. The lowest BCUT2D eigenvalue weighted by Crippen LogP contribution is -2.31. The number of hydrogen-bond donors (Lipinski definition) is 1. The Bertz CT molecular complexity index is 502. The number of likely N-dealkylation sites (N-methyl/N-ethyl adjacent to an activating group) is 1. The van der Waals surface area contributed by atoms with Crippen molar-refractivity contribution < 1.29 is 0 Å². The molecule has 1 unspecified atom stereocenters. The van der Waals surface area contributed by atoms with Crippen LogP contribution in [-0.2, 0) is 6.54 Å². The standard InChI is InChI=1S/C15H25ClN4/c1-15(2)8-11(7-12(17)9-15)14-13(16)10-18-20(14)6-5-19(3)4/h7,10,12H,5-6,8-9,17H2,1-4H3. The summed E-state index contributed by atoms with van der Waals surface area (Å²) in [7, 11) is 4.12. The molecule has 0 radical (unpaired) electrons. The number of aromatic nitrogens is 2. The van der Waals surface area contributed by atoms with Crippen LogP contribution in [-0.4, -0.2) is 41.4 Å². The molecule has 0 bridgehead atoms. The smallest absolute Gasteiger partial charge is 0.0862 e. The van der Waals surface area contributed by atoms with Crippen LogP contribution in [0.4, 0.5) is 0 Å². The zero-order valence-corrected chi connectivity index (χ0v) is 13.6. The van der Waals surface area contributed by atoms with Gasteiger partial charge in [0, 0.05) is 12.6 Å². The van der Waals surface area contributed by atoms with Crippen molar-refractivity contribution in [2.24, 2.45) is 11.1 Å². The first-order valence-electron chi connectivity index (χ1n) is 7.11. The van der Waals surface area contributed by atoms with Gasteiger partial charge in [-0.05, 0) is 37.9 Å². The van der Waals surface area contributed by atoms with Crippen molar-refractivity contribution in [1.82, 2.24) is 14.7 Å². The lowest BCUT2D eigenvalue weighted by atomic mass is 9.75. The molecule has 0 fully saturated rings. The molecular formula is C15H25ClN4. The van der Waals surface area contributed by atoms with Crippen LogP contribution in [0.2, 0.25) is 5.02 Å². The highest BCUT2D eigenvalue weighted by atomic mass is 35.5. The van der Waals surface area contributed by atoms with Crippen LogP contribution in [0.5, 0.6) is 0 Å². The van der Waals surface area contributed by atoms with Crippen LogP contribution in [0.3, 0.4) is 0 Å². The van der Waals surface area contributed by atoms with Crippen molar-refractivity contribution >= 4 is 17.2 Å². The van der Waals surface area contributed by atoms with Crippen molar-refractivity contribution in [2.75, 3.05) is 20.6 Å². The fourth-order valence-electron chi connectivity index (χ4n) is 2.91. The molecule has 5 heteroatoms. The monoisotopic (exact) mass is 296 g/mol. The Kier molecular flexibility index (Phi) is 4.57. The van der Waals surface area contributed by atoms with E-state index in [2.05, 4.69) is 44.0 Å². The number of allylic oxidation sites excluding steroid dienone is 1. The first-order valence-corrected chi connectivity index (χ1v) is 7.49. The first kappa shape index (κ1) is 15.5. The van der Waals surface area contributed by atoms with Crippen LogP contribution < -0.4 is 5.73 Å². The second-order valence-electron chi connectivity index (χ2n) is 6.77. The SMILES string of the molecule is CN(C)CCn1ncc(Cl)c1C1=CC(N)CC(C)(C)C1. The Hall–Kier alpha value is -0.840. The molecule has 1 aromatic rings. The van der Waals surface area contributed by atoms with Crippen molar-refractivity contribution in [3.8, 4) is 0 Å². The summed E-state index contributed by atoms with van der Waals surface area (Å²) in [6.45, 7) is 6.29. The van der Waals surface area contributed by atoms with Gasteiger partial charge in [-0.3, -0.25) is 4.68 Å². The third-order valence-electron chi connectivity index (χ3n) is 3.73. The van der Waals surface area contributed by atoms with E-state index in [-0.39, 0.29) is 11.5 Å². The minimum atomic E-state index is 0.0991. The summed E-state index contributed by atoms with van der Waals surface area (Å²) in [5.41, 5.74) is 8.65. The molecular weight excluding hydrogens is 272 g/mol. The topological polar surface area (TPSA) is 47.1 Å². The second kappa shape index (κ2) is 5.88. The van der Waals surface area contributed by atoms with E-state index in [1.165, 1.54) is 5.57 Å². The van der Waals surface area contributed by atoms with Gasteiger partial charge in [-0.1, -0.05) is 31.5 Å². The van der Waals surface area contributed by atoms with E-state index in [1.807, 2.05) is 4.68 Å². The molecule has 1 aliphatic carbocycles. The Morgan fingerprint density at radius 3 is 2.80 bits per heavy atom. The van der Waals surface area contributed by atoms with E-state index in [0.717, 1.165) is 36.6 Å². The van der Waals surface area contributed by atoms with Gasteiger partial charge in [-0.2, -0.15) is 5.10 Å². The van der Waals surface area contributed by atoms with Crippen LogP contribution >= 0.6 is 11.6 Å². The minimum absolute atomic E-state index is 0.0991. The molecule has 0 aliphatic heterocycles. The predicted octanol–water partition coefficient (Wildman–Crippen LogP) is 2.63. The van der Waals surface area contributed by atoms with Crippen LogP contribution in [0, 0.1) is 5.41 Å². The van der Waals surface area contributed by atoms with Gasteiger partial charge >= 0.3 is 0 Å². The lowest BCUT2D eigenvalue weighted by molar-refractivity contribution is 0.317.